The number of rotatable bonds is 7. The highest BCUT2D eigenvalue weighted by atomic mass is 32.2. The van der Waals surface area contributed by atoms with Crippen LogP contribution in [0.4, 0.5) is 5.69 Å². The summed E-state index contributed by atoms with van der Waals surface area (Å²) in [6, 6.07) is 4.81. The zero-order valence-electron chi connectivity index (χ0n) is 10.7. The standard InChI is InChI=1S/C12H18N2O4S/c1-2-3-7-10(12(15)16)14-19(17,18)11-8-5-4-6-9(11)13/h4-6,8,10,14H,2-3,7,13H2,1H3,(H,15,16)/t10-/m0/s1. The van der Waals surface area contributed by atoms with Crippen LogP contribution in [0.1, 0.15) is 26.2 Å². The van der Waals surface area contributed by atoms with E-state index >= 15 is 0 Å². The van der Waals surface area contributed by atoms with Gasteiger partial charge in [0.15, 0.2) is 0 Å². The lowest BCUT2D eigenvalue weighted by atomic mass is 10.1. The van der Waals surface area contributed by atoms with Gasteiger partial charge in [-0.2, -0.15) is 4.72 Å². The zero-order chi connectivity index (χ0) is 14.5. The van der Waals surface area contributed by atoms with Gasteiger partial charge in [0.25, 0.3) is 0 Å². The number of unbranched alkanes of at least 4 members (excludes halogenated alkanes) is 1. The monoisotopic (exact) mass is 286 g/mol. The molecular formula is C12H18N2O4S. The molecular weight excluding hydrogens is 268 g/mol. The molecule has 0 bridgehead atoms. The lowest BCUT2D eigenvalue weighted by molar-refractivity contribution is -0.139. The van der Waals surface area contributed by atoms with E-state index in [1.807, 2.05) is 6.92 Å². The number of benzene rings is 1. The van der Waals surface area contributed by atoms with E-state index in [1.165, 1.54) is 18.2 Å². The van der Waals surface area contributed by atoms with Gasteiger partial charge < -0.3 is 10.8 Å². The second-order valence-electron chi connectivity index (χ2n) is 4.19. The maximum absolute atomic E-state index is 12.1. The first kappa shape index (κ1) is 15.5. The van der Waals surface area contributed by atoms with Crippen LogP contribution < -0.4 is 10.5 Å². The minimum absolute atomic E-state index is 0.0923. The van der Waals surface area contributed by atoms with Crippen LogP contribution in [-0.2, 0) is 14.8 Å². The molecule has 0 aliphatic rings. The van der Waals surface area contributed by atoms with Crippen LogP contribution in [0.25, 0.3) is 0 Å². The summed E-state index contributed by atoms with van der Waals surface area (Å²) in [5.41, 5.74) is 5.68. The topological polar surface area (TPSA) is 109 Å². The molecule has 6 nitrogen and oxygen atoms in total. The summed E-state index contributed by atoms with van der Waals surface area (Å²) in [6.07, 6.45) is 1.67. The van der Waals surface area contributed by atoms with E-state index in [4.69, 9.17) is 10.8 Å². The highest BCUT2D eigenvalue weighted by Crippen LogP contribution is 2.18. The molecule has 4 N–H and O–H groups in total. The summed E-state index contributed by atoms with van der Waals surface area (Å²) in [5.74, 6) is -1.19. The van der Waals surface area contributed by atoms with Gasteiger partial charge in [0.2, 0.25) is 10.0 Å². The van der Waals surface area contributed by atoms with Crippen LogP contribution in [0.3, 0.4) is 0 Å². The number of anilines is 1. The molecule has 0 spiro atoms. The molecule has 0 unspecified atom stereocenters. The van der Waals surface area contributed by atoms with Gasteiger partial charge in [-0.3, -0.25) is 4.79 Å². The molecule has 0 heterocycles. The van der Waals surface area contributed by atoms with Crippen molar-refractivity contribution in [3.63, 3.8) is 0 Å². The SMILES string of the molecule is CCCC[C@H](NS(=O)(=O)c1ccccc1N)C(=O)O. The normalized spacial score (nSPS) is 13.1. The number of nitrogen functional groups attached to an aromatic ring is 1. The molecule has 0 aliphatic carbocycles. The summed E-state index contributed by atoms with van der Waals surface area (Å²) in [4.78, 5) is 10.9. The summed E-state index contributed by atoms with van der Waals surface area (Å²) in [7, 11) is -3.92. The van der Waals surface area contributed by atoms with Crippen LogP contribution in [-0.4, -0.2) is 25.5 Å². The van der Waals surface area contributed by atoms with Crippen molar-refractivity contribution in [2.75, 3.05) is 5.73 Å². The van der Waals surface area contributed by atoms with Crippen LogP contribution in [0, 0.1) is 0 Å². The second-order valence-corrected chi connectivity index (χ2v) is 5.87. The van der Waals surface area contributed by atoms with Gasteiger partial charge in [0.1, 0.15) is 10.9 Å². The number of carboxylic acid groups (broad SMARTS) is 1. The highest BCUT2D eigenvalue weighted by molar-refractivity contribution is 7.89. The van der Waals surface area contributed by atoms with E-state index in [0.29, 0.717) is 6.42 Å². The molecule has 1 aromatic rings. The van der Waals surface area contributed by atoms with Gasteiger partial charge in [-0.1, -0.05) is 31.9 Å². The number of aliphatic carboxylic acids is 1. The molecule has 0 amide bonds. The summed E-state index contributed by atoms with van der Waals surface area (Å²) >= 11 is 0. The minimum atomic E-state index is -3.92. The van der Waals surface area contributed by atoms with Crippen molar-refractivity contribution in [2.24, 2.45) is 0 Å². The van der Waals surface area contributed by atoms with Crippen LogP contribution in [0.2, 0.25) is 0 Å². The number of carboxylic acids is 1. The second kappa shape index (κ2) is 6.53. The summed E-state index contributed by atoms with van der Waals surface area (Å²) in [6.45, 7) is 1.91. The minimum Gasteiger partial charge on any atom is -0.480 e. The van der Waals surface area contributed by atoms with E-state index in [9.17, 15) is 13.2 Å². The van der Waals surface area contributed by atoms with E-state index in [0.717, 1.165) is 6.42 Å². The average Bonchev–Trinajstić information content (AvgIpc) is 2.34. The molecule has 106 valence electrons. The van der Waals surface area contributed by atoms with Crippen molar-refractivity contribution < 1.29 is 18.3 Å². The van der Waals surface area contributed by atoms with Crippen molar-refractivity contribution in [3.8, 4) is 0 Å². The fourth-order valence-corrected chi connectivity index (χ4v) is 2.97. The Labute approximate surface area is 112 Å². The Morgan fingerprint density at radius 3 is 2.58 bits per heavy atom. The number of para-hydroxylation sites is 1. The Morgan fingerprint density at radius 1 is 1.42 bits per heavy atom. The number of sulfonamides is 1. The smallest absolute Gasteiger partial charge is 0.321 e. The first-order valence-electron chi connectivity index (χ1n) is 5.98. The third-order valence-electron chi connectivity index (χ3n) is 2.65. The van der Waals surface area contributed by atoms with Crippen LogP contribution in [0.15, 0.2) is 29.2 Å². The van der Waals surface area contributed by atoms with Crippen molar-refractivity contribution in [1.82, 2.24) is 4.72 Å². The molecule has 1 aromatic carbocycles. The van der Waals surface area contributed by atoms with Crippen molar-refractivity contribution in [2.45, 2.75) is 37.1 Å². The first-order valence-corrected chi connectivity index (χ1v) is 7.46. The van der Waals surface area contributed by atoms with Gasteiger partial charge in [0.05, 0.1) is 5.69 Å². The summed E-state index contributed by atoms with van der Waals surface area (Å²) in [5, 5.41) is 9.02. The third-order valence-corrected chi connectivity index (χ3v) is 4.20. The van der Waals surface area contributed by atoms with Crippen molar-refractivity contribution >= 4 is 21.7 Å². The fraction of sp³-hybridized carbons (Fsp3) is 0.417. The number of carbonyl (C=O) groups is 1. The van der Waals surface area contributed by atoms with Gasteiger partial charge in [-0.25, -0.2) is 8.42 Å². The highest BCUT2D eigenvalue weighted by Gasteiger charge is 2.25. The number of nitrogens with two attached hydrogens (primary N) is 1. The molecule has 1 atom stereocenters. The van der Waals surface area contributed by atoms with Crippen LogP contribution >= 0.6 is 0 Å². The molecule has 0 aromatic heterocycles. The van der Waals surface area contributed by atoms with Gasteiger partial charge in [0, 0.05) is 0 Å². The Bertz CT molecular complexity index is 542. The Hall–Kier alpha value is -1.60. The van der Waals surface area contributed by atoms with Crippen molar-refractivity contribution in [3.05, 3.63) is 24.3 Å². The number of hydrogen-bond donors (Lipinski definition) is 3. The number of hydrogen-bond acceptors (Lipinski definition) is 4. The largest absolute Gasteiger partial charge is 0.480 e. The van der Waals surface area contributed by atoms with Crippen LogP contribution in [0.5, 0.6) is 0 Å². The molecule has 19 heavy (non-hydrogen) atoms. The fourth-order valence-electron chi connectivity index (χ4n) is 1.62. The zero-order valence-corrected chi connectivity index (χ0v) is 11.5. The molecule has 0 saturated carbocycles. The Balaban J connectivity index is 2.95. The third kappa shape index (κ3) is 4.22. The molecule has 0 radical (unpaired) electrons. The van der Waals surface area contributed by atoms with Gasteiger partial charge >= 0.3 is 5.97 Å². The van der Waals surface area contributed by atoms with Gasteiger partial charge in [-0.05, 0) is 18.6 Å². The molecule has 1 rings (SSSR count). The predicted molar refractivity (Wildman–Crippen MR) is 72.1 cm³/mol. The molecule has 7 heteroatoms. The van der Waals surface area contributed by atoms with Gasteiger partial charge in [-0.15, -0.1) is 0 Å². The number of nitrogens with one attached hydrogen (secondary N) is 1. The average molecular weight is 286 g/mol. The molecule has 0 aliphatic heterocycles. The predicted octanol–water partition coefficient (Wildman–Crippen LogP) is 1.19. The van der Waals surface area contributed by atoms with Crippen molar-refractivity contribution in [1.29, 1.82) is 0 Å². The van der Waals surface area contributed by atoms with E-state index < -0.39 is 22.0 Å². The molecule has 0 fully saturated rings. The van der Waals surface area contributed by atoms with E-state index in [1.54, 1.807) is 6.07 Å². The first-order chi connectivity index (χ1) is 8.88. The lowest BCUT2D eigenvalue weighted by Crippen LogP contribution is -2.40. The maximum atomic E-state index is 12.1. The van der Waals surface area contributed by atoms with E-state index in [-0.39, 0.29) is 17.0 Å². The Morgan fingerprint density at radius 2 is 2.05 bits per heavy atom. The van der Waals surface area contributed by atoms with E-state index in [2.05, 4.69) is 4.72 Å². The quantitative estimate of drug-likeness (QED) is 0.652. The maximum Gasteiger partial charge on any atom is 0.321 e. The summed E-state index contributed by atoms with van der Waals surface area (Å²) < 4.78 is 26.3. The Kier molecular flexibility index (Phi) is 5.31. The lowest BCUT2D eigenvalue weighted by Gasteiger charge is -2.15. The molecule has 0 saturated heterocycles.